The van der Waals surface area contributed by atoms with E-state index < -0.39 is 22.2 Å². The molecule has 3 amide bonds. The fraction of sp³-hybridized carbons (Fsp3) is 0.560. The maximum Gasteiger partial charge on any atom is 0.271 e. The number of carbonyl (C=O) groups excluding carboxylic acids is 3. The lowest BCUT2D eigenvalue weighted by Gasteiger charge is -2.15. The number of carbonyl (C=O) groups is 3. The number of rotatable bonds is 17. The van der Waals surface area contributed by atoms with Crippen molar-refractivity contribution in [1.29, 1.82) is 0 Å². The van der Waals surface area contributed by atoms with Crippen molar-refractivity contribution < 1.29 is 59.3 Å². The summed E-state index contributed by atoms with van der Waals surface area (Å²) >= 11 is 0. The Morgan fingerprint density at radius 3 is 1.20 bits per heavy atom. The first kappa shape index (κ1) is 92.0. The van der Waals surface area contributed by atoms with E-state index in [1.165, 1.54) is 45.9 Å². The summed E-state index contributed by atoms with van der Waals surface area (Å²) in [7, 11) is 9.10. The molecule has 0 radical (unpaired) electrons. The van der Waals surface area contributed by atoms with Crippen LogP contribution in [0, 0.1) is 0 Å². The number of likely N-dealkylation sites (N-methyl/N-ethyl adjacent to an activating group) is 2. The molecule has 27 heteroatoms. The summed E-state index contributed by atoms with van der Waals surface area (Å²) in [4.78, 5) is 79.3. The third kappa shape index (κ3) is 34.8. The van der Waals surface area contributed by atoms with Gasteiger partial charge < -0.3 is 33.6 Å². The van der Waals surface area contributed by atoms with Gasteiger partial charge in [-0.1, -0.05) is 30.4 Å². The first-order chi connectivity index (χ1) is 48.0. The smallest absolute Gasteiger partial charge is 0.271 e. The maximum absolute atomic E-state index is 12.5. The van der Waals surface area contributed by atoms with Gasteiger partial charge in [-0.3, -0.25) is 64.3 Å². The van der Waals surface area contributed by atoms with E-state index in [4.69, 9.17) is 18.9 Å². The van der Waals surface area contributed by atoms with Gasteiger partial charge in [0.1, 0.15) is 5.71 Å². The highest BCUT2D eigenvalue weighted by Crippen LogP contribution is 2.28. The van der Waals surface area contributed by atoms with Crippen molar-refractivity contribution in [3.63, 3.8) is 0 Å². The number of amides is 3. The Bertz CT molecular complexity index is 3590. The van der Waals surface area contributed by atoms with Gasteiger partial charge in [0, 0.05) is 136 Å². The molecule has 0 saturated carbocycles. The predicted molar refractivity (Wildman–Crippen MR) is 414 cm³/mol. The number of methoxy groups -OCH3 is 2. The number of alkyl halides is 4. The molecule has 0 spiro atoms. The molecule has 0 bridgehead atoms. The summed E-state index contributed by atoms with van der Waals surface area (Å²) in [5.74, 6) is -2.52. The van der Waals surface area contributed by atoms with Crippen LogP contribution in [0.25, 0.3) is 0 Å². The van der Waals surface area contributed by atoms with Crippen molar-refractivity contribution in [3.8, 4) is 0 Å². The van der Waals surface area contributed by atoms with Crippen molar-refractivity contribution in [3.05, 3.63) is 114 Å². The minimum Gasteiger partial charge on any atom is -0.380 e. The Morgan fingerprint density at radius 1 is 0.490 bits per heavy atom. The number of ether oxygens (including phenoxy) is 4. The van der Waals surface area contributed by atoms with E-state index in [1.54, 1.807) is 96.5 Å². The highest BCUT2D eigenvalue weighted by molar-refractivity contribution is 8.06. The summed E-state index contributed by atoms with van der Waals surface area (Å²) in [5, 5.41) is 0.243. The van der Waals surface area contributed by atoms with Crippen LogP contribution in [0.2, 0.25) is 0 Å². The molecule has 10 aliphatic rings. The van der Waals surface area contributed by atoms with Gasteiger partial charge in [0.25, 0.3) is 23.6 Å². The predicted octanol–water partition coefficient (Wildman–Crippen LogP) is 11.2. The summed E-state index contributed by atoms with van der Waals surface area (Å²) in [6.07, 6.45) is 17.4. The van der Waals surface area contributed by atoms with Crippen molar-refractivity contribution in [1.82, 2.24) is 14.7 Å². The average Bonchev–Trinajstić information content (AvgIpc) is 1.70. The molecule has 0 N–H and O–H groups in total. The zero-order valence-corrected chi connectivity index (χ0v) is 65.3. The molecule has 10 rings (SSSR count). The highest BCUT2D eigenvalue weighted by atomic mass is 32.2. The largest absolute Gasteiger partial charge is 0.380 e. The van der Waals surface area contributed by atoms with Gasteiger partial charge in [-0.2, -0.15) is 0 Å². The molecule has 10 heterocycles. The van der Waals surface area contributed by atoms with Crippen molar-refractivity contribution in [2.75, 3.05) is 167 Å². The number of allylic oxidation sites excluding steroid dienone is 6. The second kappa shape index (κ2) is 48.8. The number of sulfone groups is 1. The molecule has 0 unspecified atom stereocenters. The molecule has 566 valence electrons. The van der Waals surface area contributed by atoms with Gasteiger partial charge in [-0.15, -0.1) is 0 Å². The quantitative estimate of drug-likeness (QED) is 0.125. The first-order valence-corrected chi connectivity index (χ1v) is 35.6. The summed E-state index contributed by atoms with van der Waals surface area (Å²) in [6.45, 7) is 37.6. The van der Waals surface area contributed by atoms with Gasteiger partial charge in [0.2, 0.25) is 6.43 Å². The van der Waals surface area contributed by atoms with E-state index >= 15 is 0 Å². The SMILES string of the molecule is CC1=C(C(=O)N(C)C)CN=C1.CC1=C(C(C)(F)F)CN=C1.CC1=CCN=C1C(=O)N(C)C.CC1=CCN=C1CC(F)F.CC1=CCN=C1S(C)(=O)=O.CCN(C)C(=O)C1=C(C)C=NC1.CCOCC1=C(C)C=NC1.CCOCC1=NCC=C1C.COCC1=C(C)C=NC1.COCC1=NCC=C1C. The van der Waals surface area contributed by atoms with Crippen LogP contribution >= 0.6 is 0 Å². The van der Waals surface area contributed by atoms with Crippen molar-refractivity contribution >= 4 is 86.5 Å². The number of halogens is 4. The van der Waals surface area contributed by atoms with E-state index in [-0.39, 0.29) is 41.3 Å². The Balaban J connectivity index is 0.000000567. The lowest BCUT2D eigenvalue weighted by atomic mass is 10.1. The van der Waals surface area contributed by atoms with Gasteiger partial charge in [0.05, 0.1) is 110 Å². The molecule has 10 aliphatic heterocycles. The second-order valence-electron chi connectivity index (χ2n) is 24.7. The van der Waals surface area contributed by atoms with E-state index in [2.05, 4.69) is 89.8 Å². The average molecular weight is 1450 g/mol. The van der Waals surface area contributed by atoms with Crippen molar-refractivity contribution in [2.45, 2.75) is 116 Å². The minimum atomic E-state index is -3.07. The van der Waals surface area contributed by atoms with Crippen LogP contribution in [-0.2, 0) is 43.2 Å². The van der Waals surface area contributed by atoms with Crippen molar-refractivity contribution in [2.24, 2.45) is 49.9 Å². The number of aliphatic imine (C=N–C) groups is 10. The number of hydrogen-bond acceptors (Lipinski definition) is 19. The zero-order chi connectivity index (χ0) is 77.3. The van der Waals surface area contributed by atoms with E-state index in [1.807, 2.05) is 73.0 Å². The Morgan fingerprint density at radius 2 is 0.882 bits per heavy atom. The molecule has 102 heavy (non-hydrogen) atoms. The molecule has 0 saturated heterocycles. The van der Waals surface area contributed by atoms with Crippen LogP contribution in [0.3, 0.4) is 0 Å². The molecule has 0 aromatic rings. The summed E-state index contributed by atoms with van der Waals surface area (Å²) in [5.41, 5.74) is 18.1. The Hall–Kier alpha value is -7.98. The normalized spacial score (nSPS) is 17.1. The van der Waals surface area contributed by atoms with E-state index in [0.717, 1.165) is 117 Å². The highest BCUT2D eigenvalue weighted by Gasteiger charge is 2.30. The van der Waals surface area contributed by atoms with Gasteiger partial charge in [-0.05, 0) is 157 Å². The van der Waals surface area contributed by atoms with Crippen LogP contribution in [0.5, 0.6) is 0 Å². The molecule has 0 aromatic carbocycles. The van der Waals surface area contributed by atoms with E-state index in [0.29, 0.717) is 62.9 Å². The molecule has 22 nitrogen and oxygen atoms in total. The van der Waals surface area contributed by atoms with Crippen LogP contribution in [0.1, 0.15) is 103 Å². The maximum atomic E-state index is 12.5. The second-order valence-corrected chi connectivity index (χ2v) is 26.6. The van der Waals surface area contributed by atoms with Crippen LogP contribution < -0.4 is 0 Å². The lowest BCUT2D eigenvalue weighted by molar-refractivity contribution is -0.126. The fourth-order valence-corrected chi connectivity index (χ4v) is 10.2. The fourth-order valence-electron chi connectivity index (χ4n) is 9.23. The molecule has 0 atom stereocenters. The van der Waals surface area contributed by atoms with Crippen LogP contribution in [0.15, 0.2) is 164 Å². The number of nitrogens with zero attached hydrogens (tertiary/aromatic N) is 13. The van der Waals surface area contributed by atoms with Gasteiger partial charge in [-0.25, -0.2) is 26.0 Å². The lowest BCUT2D eigenvalue weighted by Crippen LogP contribution is -2.29. The first-order valence-electron chi connectivity index (χ1n) is 33.7. The molecule has 0 fully saturated rings. The third-order valence-electron chi connectivity index (χ3n) is 15.8. The molecular weight excluding hydrogens is 1330 g/mol. The molecular formula is C75H113F4N13O9S. The molecule has 0 aromatic heterocycles. The Kier molecular flexibility index (Phi) is 44.0. The molecule has 0 aliphatic carbocycles. The topological polar surface area (TPSA) is 256 Å². The van der Waals surface area contributed by atoms with Gasteiger partial charge in [0.15, 0.2) is 14.9 Å². The Labute approximate surface area is 604 Å². The summed E-state index contributed by atoms with van der Waals surface area (Å²) < 4.78 is 90.7. The van der Waals surface area contributed by atoms with Crippen LogP contribution in [0.4, 0.5) is 17.6 Å². The van der Waals surface area contributed by atoms with Crippen LogP contribution in [-0.4, -0.2) is 279 Å². The monoisotopic (exact) mass is 1450 g/mol. The number of hydrogen-bond donors (Lipinski definition) is 0. The zero-order valence-electron chi connectivity index (χ0n) is 64.5. The van der Waals surface area contributed by atoms with Gasteiger partial charge >= 0.3 is 0 Å². The third-order valence-corrected chi connectivity index (χ3v) is 16.9. The standard InChI is InChI=1S/C9H14N2O.2C8H12N2O.2C8H13NO.2C7H9F2N.2C7H11NO.C6H9NO2S/c1-4-11(3)9(12)8-6-10-5-7(8)2;1-6-4-9-5-7(6)8(11)10(2)3;1-6-4-5-9-7(6)8(11)10(2)3;1-3-10-6-8-5-9-4-7(8)2;1-3-10-6-8-7(2)4-5-9-8;1-5-3-10-4-6(5)7(2,8)9;1-5-2-3-10-6(5)4-7(8)9;1-6-3-8-4-7(6)5-9-2;1-6-3-4-8-7(6)5-9-2;1-5-3-4-7-6(5)10(2,8)9/h5H,4,6H2,1-3H3;2*4H,5H2,1-3H3;2*4H,3,5-6H2,1-2H3;3H,4H2,1-2H3;2,7H,3-4H2,1H3;2*3H,4-5H2,1-2H3;3H,4H2,1-2H3. The summed E-state index contributed by atoms with van der Waals surface area (Å²) in [6, 6.07) is 0. The van der Waals surface area contributed by atoms with E-state index in [9.17, 15) is 40.4 Å². The minimum absolute atomic E-state index is 0.00347.